The maximum Gasteiger partial charge on any atom is 0.272 e. The lowest BCUT2D eigenvalue weighted by Crippen LogP contribution is -2.52. The molecule has 0 bridgehead atoms. The number of benzene rings is 1. The summed E-state index contributed by atoms with van der Waals surface area (Å²) in [5.41, 5.74) is 1.48. The maximum atomic E-state index is 12.8. The molecule has 1 N–H and O–H groups in total. The van der Waals surface area contributed by atoms with E-state index in [2.05, 4.69) is 10.4 Å². The Morgan fingerprint density at radius 2 is 2.12 bits per heavy atom. The molecule has 1 amide bonds. The molecule has 1 aromatic carbocycles. The first kappa shape index (κ1) is 15.2. The van der Waals surface area contributed by atoms with Crippen molar-refractivity contribution in [3.05, 3.63) is 47.8 Å². The Kier molecular flexibility index (Phi) is 4.21. The monoisotopic (exact) mass is 326 g/mol. The van der Waals surface area contributed by atoms with Crippen molar-refractivity contribution in [1.82, 2.24) is 20.0 Å². The van der Waals surface area contributed by atoms with E-state index in [1.54, 1.807) is 0 Å². The fraction of sp³-hybridized carbons (Fsp3) is 0.444. The fourth-order valence-electron chi connectivity index (χ4n) is 3.46. The molecule has 2 aromatic rings. The minimum atomic E-state index is 0.0911. The Bertz CT molecular complexity index is 707. The highest BCUT2D eigenvalue weighted by Gasteiger charge is 2.32. The predicted molar refractivity (Wildman–Crippen MR) is 89.9 cm³/mol. The number of piperidine rings is 1. The summed E-state index contributed by atoms with van der Waals surface area (Å²) in [5, 5.41) is 7.91. The van der Waals surface area contributed by atoms with Crippen LogP contribution in [-0.2, 0) is 13.2 Å². The molecule has 3 heterocycles. The zero-order valence-corrected chi connectivity index (χ0v) is 13.6. The molecular formula is C18H22N4O2. The van der Waals surface area contributed by atoms with E-state index < -0.39 is 0 Å². The lowest BCUT2D eigenvalue weighted by molar-refractivity contribution is 0.0579. The smallest absolute Gasteiger partial charge is 0.272 e. The Morgan fingerprint density at radius 1 is 1.25 bits per heavy atom. The van der Waals surface area contributed by atoms with Crippen LogP contribution in [0.15, 0.2) is 36.4 Å². The van der Waals surface area contributed by atoms with Crippen LogP contribution < -0.4 is 10.1 Å². The van der Waals surface area contributed by atoms with E-state index in [-0.39, 0.29) is 5.91 Å². The second-order valence-electron chi connectivity index (χ2n) is 6.34. The molecule has 6 nitrogen and oxygen atoms in total. The third-order valence-electron chi connectivity index (χ3n) is 4.70. The van der Waals surface area contributed by atoms with E-state index in [1.807, 2.05) is 46.0 Å². The van der Waals surface area contributed by atoms with Gasteiger partial charge in [-0.05, 0) is 37.6 Å². The van der Waals surface area contributed by atoms with Crippen molar-refractivity contribution in [3.63, 3.8) is 0 Å². The van der Waals surface area contributed by atoms with E-state index in [0.717, 1.165) is 50.5 Å². The van der Waals surface area contributed by atoms with Crippen molar-refractivity contribution in [2.75, 3.05) is 19.6 Å². The van der Waals surface area contributed by atoms with Gasteiger partial charge in [0.15, 0.2) is 0 Å². The molecule has 0 radical (unpaired) electrons. The number of carbonyl (C=O) groups excluding carboxylic acids is 1. The summed E-state index contributed by atoms with van der Waals surface area (Å²) >= 11 is 0. The number of para-hydroxylation sites is 1. The molecule has 6 heteroatoms. The molecule has 0 aliphatic carbocycles. The van der Waals surface area contributed by atoms with Gasteiger partial charge < -0.3 is 15.0 Å². The molecule has 1 aromatic heterocycles. The first-order valence-electron chi connectivity index (χ1n) is 8.57. The highest BCUT2D eigenvalue weighted by atomic mass is 16.5. The van der Waals surface area contributed by atoms with Crippen LogP contribution in [0.4, 0.5) is 0 Å². The summed E-state index contributed by atoms with van der Waals surface area (Å²) in [7, 11) is 0. The van der Waals surface area contributed by atoms with Crippen molar-refractivity contribution in [1.29, 1.82) is 0 Å². The van der Waals surface area contributed by atoms with Crippen LogP contribution in [-0.4, -0.2) is 46.3 Å². The summed E-state index contributed by atoms with van der Waals surface area (Å²) in [6, 6.07) is 11.8. The zero-order valence-electron chi connectivity index (χ0n) is 13.6. The summed E-state index contributed by atoms with van der Waals surface area (Å²) in [4.78, 5) is 14.8. The van der Waals surface area contributed by atoms with E-state index in [9.17, 15) is 4.79 Å². The largest absolute Gasteiger partial charge is 0.487 e. The molecule has 1 saturated heterocycles. The third kappa shape index (κ3) is 3.01. The van der Waals surface area contributed by atoms with Crippen LogP contribution in [0.1, 0.15) is 29.0 Å². The minimum Gasteiger partial charge on any atom is -0.487 e. The average molecular weight is 326 g/mol. The van der Waals surface area contributed by atoms with Crippen LogP contribution in [0.25, 0.3) is 0 Å². The topological polar surface area (TPSA) is 59.4 Å². The SMILES string of the molecule is O=C1c2cc(COc3ccccc3)nn2CCN1[C@H]1CCCNC1. The van der Waals surface area contributed by atoms with E-state index >= 15 is 0 Å². The van der Waals surface area contributed by atoms with E-state index in [0.29, 0.717) is 18.3 Å². The zero-order chi connectivity index (χ0) is 16.4. The van der Waals surface area contributed by atoms with Crippen LogP contribution >= 0.6 is 0 Å². The number of hydrogen-bond donors (Lipinski definition) is 1. The second kappa shape index (κ2) is 6.65. The fourth-order valence-corrected chi connectivity index (χ4v) is 3.46. The van der Waals surface area contributed by atoms with Gasteiger partial charge in [-0.2, -0.15) is 5.10 Å². The van der Waals surface area contributed by atoms with Crippen LogP contribution in [0.2, 0.25) is 0 Å². The van der Waals surface area contributed by atoms with Crippen molar-refractivity contribution in [3.8, 4) is 5.75 Å². The van der Waals surface area contributed by atoms with Gasteiger partial charge in [-0.3, -0.25) is 9.48 Å². The summed E-state index contributed by atoms with van der Waals surface area (Å²) in [5.74, 6) is 0.901. The quantitative estimate of drug-likeness (QED) is 0.928. The molecule has 0 unspecified atom stereocenters. The van der Waals surface area contributed by atoms with Crippen molar-refractivity contribution in [2.24, 2.45) is 0 Å². The molecule has 24 heavy (non-hydrogen) atoms. The minimum absolute atomic E-state index is 0.0911. The van der Waals surface area contributed by atoms with Gasteiger partial charge in [-0.15, -0.1) is 0 Å². The van der Waals surface area contributed by atoms with Gasteiger partial charge >= 0.3 is 0 Å². The number of nitrogens with zero attached hydrogens (tertiary/aromatic N) is 3. The van der Waals surface area contributed by atoms with Gasteiger partial charge in [0.05, 0.1) is 6.54 Å². The number of amides is 1. The molecule has 1 atom stereocenters. The number of nitrogens with one attached hydrogen (secondary N) is 1. The molecular weight excluding hydrogens is 304 g/mol. The van der Waals surface area contributed by atoms with Crippen LogP contribution in [0, 0.1) is 0 Å². The molecule has 2 aliphatic heterocycles. The molecule has 1 fully saturated rings. The van der Waals surface area contributed by atoms with E-state index in [1.165, 1.54) is 0 Å². The van der Waals surface area contributed by atoms with Crippen molar-refractivity contribution < 1.29 is 9.53 Å². The van der Waals surface area contributed by atoms with E-state index in [4.69, 9.17) is 4.74 Å². The van der Waals surface area contributed by atoms with Gasteiger partial charge in [0, 0.05) is 19.1 Å². The normalized spacial score (nSPS) is 20.8. The Balaban J connectivity index is 1.45. The second-order valence-corrected chi connectivity index (χ2v) is 6.34. The Hall–Kier alpha value is -2.34. The highest BCUT2D eigenvalue weighted by Crippen LogP contribution is 2.20. The first-order chi connectivity index (χ1) is 11.8. The summed E-state index contributed by atoms with van der Waals surface area (Å²) < 4.78 is 7.56. The standard InChI is InChI=1S/C18H22N4O2/c23-18-17-11-14(13-24-16-6-2-1-3-7-16)20-22(17)10-9-21(18)15-5-4-8-19-12-15/h1-3,6-7,11,15,19H,4-5,8-10,12-13H2/t15-/m0/s1. The first-order valence-corrected chi connectivity index (χ1v) is 8.57. The lowest BCUT2D eigenvalue weighted by Gasteiger charge is -2.37. The van der Waals surface area contributed by atoms with Crippen molar-refractivity contribution >= 4 is 5.91 Å². The predicted octanol–water partition coefficient (Wildman–Crippen LogP) is 1.67. The molecule has 0 spiro atoms. The number of hydrogen-bond acceptors (Lipinski definition) is 4. The number of fused-ring (bicyclic) bond motifs is 1. The van der Waals surface area contributed by atoms with Crippen molar-refractivity contribution in [2.45, 2.75) is 32.0 Å². The molecule has 126 valence electrons. The van der Waals surface area contributed by atoms with Gasteiger partial charge in [0.25, 0.3) is 5.91 Å². The lowest BCUT2D eigenvalue weighted by atomic mass is 10.0. The summed E-state index contributed by atoms with van der Waals surface area (Å²) in [6.07, 6.45) is 2.21. The van der Waals surface area contributed by atoms with Crippen LogP contribution in [0.3, 0.4) is 0 Å². The number of aromatic nitrogens is 2. The molecule has 0 saturated carbocycles. The average Bonchev–Trinajstić information content (AvgIpc) is 3.06. The Labute approximate surface area is 141 Å². The number of carbonyl (C=O) groups is 1. The number of ether oxygens (including phenoxy) is 1. The van der Waals surface area contributed by atoms with Gasteiger partial charge in [0.2, 0.25) is 0 Å². The molecule has 2 aliphatic rings. The maximum absolute atomic E-state index is 12.8. The van der Waals surface area contributed by atoms with Gasteiger partial charge in [0.1, 0.15) is 23.7 Å². The Morgan fingerprint density at radius 3 is 2.92 bits per heavy atom. The van der Waals surface area contributed by atoms with Gasteiger partial charge in [-0.25, -0.2) is 0 Å². The highest BCUT2D eigenvalue weighted by molar-refractivity contribution is 5.93. The van der Waals surface area contributed by atoms with Gasteiger partial charge in [-0.1, -0.05) is 18.2 Å². The molecule has 4 rings (SSSR count). The third-order valence-corrected chi connectivity index (χ3v) is 4.70. The summed E-state index contributed by atoms with van der Waals surface area (Å²) in [6.45, 7) is 3.81. The number of rotatable bonds is 4. The van der Waals surface area contributed by atoms with Crippen LogP contribution in [0.5, 0.6) is 5.75 Å².